The number of benzene rings is 1. The Hall–Kier alpha value is -2.20. The molecule has 0 radical (unpaired) electrons. The van der Waals surface area contributed by atoms with Crippen LogP contribution < -0.4 is 0 Å². The molecule has 0 atom stereocenters. The predicted octanol–water partition coefficient (Wildman–Crippen LogP) is 2.49. The van der Waals surface area contributed by atoms with E-state index >= 15 is 0 Å². The molecule has 2 heterocycles. The Morgan fingerprint density at radius 3 is 2.68 bits per heavy atom. The molecule has 3 aromatic rings. The van der Waals surface area contributed by atoms with Gasteiger partial charge in [-0.1, -0.05) is 36.4 Å². The largest absolute Gasteiger partial charge is 0.376 e. The Bertz CT molecular complexity index is 649. The minimum Gasteiger partial charge on any atom is -0.376 e. The summed E-state index contributed by atoms with van der Waals surface area (Å²) in [4.78, 5) is 0. The molecule has 19 heavy (non-hydrogen) atoms. The fraction of sp³-hybridized carbons (Fsp3) is 0.200. The minimum absolute atomic E-state index is 0.636. The summed E-state index contributed by atoms with van der Waals surface area (Å²) in [7, 11) is 0. The highest BCUT2D eigenvalue weighted by molar-refractivity contribution is 5.36. The number of hydrogen-bond donors (Lipinski definition) is 0. The highest BCUT2D eigenvalue weighted by atomic mass is 16.5. The lowest BCUT2D eigenvalue weighted by molar-refractivity contribution is 0.122. The molecule has 4 nitrogen and oxygen atoms in total. The van der Waals surface area contributed by atoms with Gasteiger partial charge in [0.05, 0.1) is 13.2 Å². The van der Waals surface area contributed by atoms with Crippen LogP contribution in [0.15, 0.2) is 54.7 Å². The van der Waals surface area contributed by atoms with Gasteiger partial charge < -0.3 is 4.74 Å². The van der Waals surface area contributed by atoms with Crippen molar-refractivity contribution in [3.63, 3.8) is 0 Å². The second-order valence-electron chi connectivity index (χ2n) is 4.33. The molecule has 1 aromatic carbocycles. The molecule has 0 aliphatic carbocycles. The van der Waals surface area contributed by atoms with E-state index in [1.54, 1.807) is 0 Å². The summed E-state index contributed by atoms with van der Waals surface area (Å²) in [5.74, 6) is 0.934. The van der Waals surface area contributed by atoms with E-state index in [4.69, 9.17) is 4.74 Å². The maximum atomic E-state index is 5.66. The van der Waals surface area contributed by atoms with Gasteiger partial charge in [0.25, 0.3) is 0 Å². The van der Waals surface area contributed by atoms with Crippen molar-refractivity contribution in [2.45, 2.75) is 13.0 Å². The van der Waals surface area contributed by atoms with Gasteiger partial charge in [0.1, 0.15) is 5.82 Å². The first kappa shape index (κ1) is 11.9. The van der Waals surface area contributed by atoms with Crippen LogP contribution in [-0.2, 0) is 17.8 Å². The summed E-state index contributed by atoms with van der Waals surface area (Å²) < 4.78 is 7.65. The molecule has 0 aliphatic heterocycles. The van der Waals surface area contributed by atoms with Crippen molar-refractivity contribution >= 4 is 5.65 Å². The highest BCUT2D eigenvalue weighted by Gasteiger charge is 2.03. The van der Waals surface area contributed by atoms with E-state index in [0.29, 0.717) is 13.2 Å². The monoisotopic (exact) mass is 253 g/mol. The molecule has 0 fully saturated rings. The zero-order valence-electron chi connectivity index (χ0n) is 10.6. The Kier molecular flexibility index (Phi) is 3.51. The van der Waals surface area contributed by atoms with E-state index in [1.165, 1.54) is 5.56 Å². The van der Waals surface area contributed by atoms with Crippen LogP contribution in [0.3, 0.4) is 0 Å². The standard InChI is InChI=1S/C15H15N3O/c1-2-6-13(7-3-1)12-19-11-9-15-17-16-14-8-4-5-10-18(14)15/h1-8,10H,9,11-12H2. The summed E-state index contributed by atoms with van der Waals surface area (Å²) in [5, 5.41) is 8.29. The number of fused-ring (bicyclic) bond motifs is 1. The number of aromatic nitrogens is 3. The lowest BCUT2D eigenvalue weighted by Crippen LogP contribution is -2.02. The normalized spacial score (nSPS) is 10.9. The molecule has 0 bridgehead atoms. The van der Waals surface area contributed by atoms with E-state index in [9.17, 15) is 0 Å². The number of hydrogen-bond acceptors (Lipinski definition) is 3. The first-order valence-corrected chi connectivity index (χ1v) is 6.34. The Morgan fingerprint density at radius 1 is 0.947 bits per heavy atom. The van der Waals surface area contributed by atoms with Gasteiger partial charge in [-0.2, -0.15) is 0 Å². The van der Waals surface area contributed by atoms with Crippen LogP contribution in [0.2, 0.25) is 0 Å². The van der Waals surface area contributed by atoms with Crippen molar-refractivity contribution in [2.75, 3.05) is 6.61 Å². The van der Waals surface area contributed by atoms with Crippen LogP contribution >= 0.6 is 0 Å². The van der Waals surface area contributed by atoms with Crippen LogP contribution in [0, 0.1) is 0 Å². The maximum absolute atomic E-state index is 5.66. The third-order valence-corrected chi connectivity index (χ3v) is 2.97. The van der Waals surface area contributed by atoms with Crippen LogP contribution in [0.5, 0.6) is 0 Å². The lowest BCUT2D eigenvalue weighted by Gasteiger charge is -2.03. The van der Waals surface area contributed by atoms with Crippen molar-refractivity contribution in [1.29, 1.82) is 0 Å². The molecule has 4 heteroatoms. The smallest absolute Gasteiger partial charge is 0.160 e. The van der Waals surface area contributed by atoms with Gasteiger partial charge in [0.2, 0.25) is 0 Å². The molecule has 2 aromatic heterocycles. The number of rotatable bonds is 5. The zero-order valence-corrected chi connectivity index (χ0v) is 10.6. The van der Waals surface area contributed by atoms with Gasteiger partial charge in [0.15, 0.2) is 5.65 Å². The zero-order chi connectivity index (χ0) is 12.9. The average Bonchev–Trinajstić information content (AvgIpc) is 2.88. The van der Waals surface area contributed by atoms with Crippen molar-refractivity contribution in [3.8, 4) is 0 Å². The first-order valence-electron chi connectivity index (χ1n) is 6.34. The summed E-state index contributed by atoms with van der Waals surface area (Å²) in [6, 6.07) is 16.0. The molecule has 0 amide bonds. The number of nitrogens with zero attached hydrogens (tertiary/aromatic N) is 3. The van der Waals surface area contributed by atoms with Crippen molar-refractivity contribution in [2.24, 2.45) is 0 Å². The molecule has 0 saturated heterocycles. The topological polar surface area (TPSA) is 39.4 Å². The maximum Gasteiger partial charge on any atom is 0.160 e. The van der Waals surface area contributed by atoms with Crippen molar-refractivity contribution in [1.82, 2.24) is 14.6 Å². The second-order valence-corrected chi connectivity index (χ2v) is 4.33. The predicted molar refractivity (Wildman–Crippen MR) is 72.8 cm³/mol. The molecule has 3 rings (SSSR count). The molecular weight excluding hydrogens is 238 g/mol. The first-order chi connectivity index (χ1) is 9.43. The summed E-state index contributed by atoms with van der Waals surface area (Å²) in [6.45, 7) is 1.28. The number of ether oxygens (including phenoxy) is 1. The molecule has 0 saturated carbocycles. The third-order valence-electron chi connectivity index (χ3n) is 2.97. The van der Waals surface area contributed by atoms with Crippen LogP contribution in [-0.4, -0.2) is 21.2 Å². The van der Waals surface area contributed by atoms with Gasteiger partial charge >= 0.3 is 0 Å². The summed E-state index contributed by atoms with van der Waals surface area (Å²) in [5.41, 5.74) is 2.06. The lowest BCUT2D eigenvalue weighted by atomic mass is 10.2. The second kappa shape index (κ2) is 5.63. The molecule has 96 valence electrons. The molecule has 0 spiro atoms. The van der Waals surface area contributed by atoms with E-state index in [0.717, 1.165) is 17.9 Å². The van der Waals surface area contributed by atoms with Gasteiger partial charge in [-0.05, 0) is 17.7 Å². The van der Waals surface area contributed by atoms with Crippen LogP contribution in [0.4, 0.5) is 0 Å². The van der Waals surface area contributed by atoms with E-state index in [2.05, 4.69) is 22.3 Å². The van der Waals surface area contributed by atoms with E-state index in [1.807, 2.05) is 47.0 Å². The molecular formula is C15H15N3O. The quantitative estimate of drug-likeness (QED) is 0.656. The summed E-state index contributed by atoms with van der Waals surface area (Å²) in [6.07, 6.45) is 2.74. The fourth-order valence-corrected chi connectivity index (χ4v) is 1.99. The highest BCUT2D eigenvalue weighted by Crippen LogP contribution is 2.05. The Balaban J connectivity index is 1.55. The molecule has 0 N–H and O–H groups in total. The number of pyridine rings is 1. The van der Waals surface area contributed by atoms with Crippen LogP contribution in [0.25, 0.3) is 5.65 Å². The van der Waals surface area contributed by atoms with Crippen molar-refractivity contribution in [3.05, 3.63) is 66.1 Å². The molecule has 0 aliphatic rings. The summed E-state index contributed by atoms with van der Waals surface area (Å²) >= 11 is 0. The van der Waals surface area contributed by atoms with Crippen LogP contribution in [0.1, 0.15) is 11.4 Å². The fourth-order valence-electron chi connectivity index (χ4n) is 1.99. The van der Waals surface area contributed by atoms with Gasteiger partial charge in [-0.25, -0.2) is 0 Å². The van der Waals surface area contributed by atoms with Gasteiger partial charge in [-0.15, -0.1) is 10.2 Å². The molecule has 0 unspecified atom stereocenters. The van der Waals surface area contributed by atoms with E-state index < -0.39 is 0 Å². The van der Waals surface area contributed by atoms with Crippen molar-refractivity contribution < 1.29 is 4.74 Å². The third kappa shape index (κ3) is 2.80. The SMILES string of the molecule is c1ccc(COCCc2nnc3ccccn23)cc1. The Labute approximate surface area is 111 Å². The van der Waals surface area contributed by atoms with Gasteiger partial charge in [0, 0.05) is 12.6 Å². The van der Waals surface area contributed by atoms with Gasteiger partial charge in [-0.3, -0.25) is 4.40 Å². The average molecular weight is 253 g/mol. The minimum atomic E-state index is 0.636. The Morgan fingerprint density at radius 2 is 1.79 bits per heavy atom. The van der Waals surface area contributed by atoms with E-state index in [-0.39, 0.29) is 0 Å².